The molecule has 0 aliphatic carbocycles. The van der Waals surface area contributed by atoms with E-state index in [2.05, 4.69) is 24.5 Å². The number of methoxy groups -OCH3 is 1. The number of nitrogens with one attached hydrogen (secondary N) is 2. The zero-order valence-electron chi connectivity index (χ0n) is 18.1. The molecule has 30 heavy (non-hydrogen) atoms. The zero-order valence-corrected chi connectivity index (χ0v) is 18.9. The van der Waals surface area contributed by atoms with Crippen LogP contribution < -0.4 is 20.1 Å². The molecule has 0 saturated heterocycles. The number of carbonyl (C=O) groups is 2. The summed E-state index contributed by atoms with van der Waals surface area (Å²) in [7, 11) is 1.49. The van der Waals surface area contributed by atoms with Gasteiger partial charge < -0.3 is 20.1 Å². The third-order valence-corrected chi connectivity index (χ3v) is 4.87. The second kappa shape index (κ2) is 10.9. The second-order valence-corrected chi connectivity index (χ2v) is 7.93. The number of anilines is 1. The topological polar surface area (TPSA) is 76.7 Å². The van der Waals surface area contributed by atoms with E-state index in [-0.39, 0.29) is 23.0 Å². The monoisotopic (exact) mass is 432 g/mol. The molecule has 2 N–H and O–H groups in total. The number of halogens is 1. The van der Waals surface area contributed by atoms with Gasteiger partial charge in [-0.3, -0.25) is 9.59 Å². The van der Waals surface area contributed by atoms with Crippen molar-refractivity contribution in [2.75, 3.05) is 25.6 Å². The highest BCUT2D eigenvalue weighted by molar-refractivity contribution is 6.32. The lowest BCUT2D eigenvalue weighted by Crippen LogP contribution is -2.33. The molecule has 0 unspecified atom stereocenters. The minimum Gasteiger partial charge on any atom is -0.493 e. The molecular weight excluding hydrogens is 404 g/mol. The Kier molecular flexibility index (Phi) is 8.54. The lowest BCUT2D eigenvalue weighted by atomic mass is 10.1. The molecule has 0 aliphatic heterocycles. The molecule has 0 fully saturated rings. The quantitative estimate of drug-likeness (QED) is 0.599. The van der Waals surface area contributed by atoms with Crippen molar-refractivity contribution < 1.29 is 19.1 Å². The summed E-state index contributed by atoms with van der Waals surface area (Å²) >= 11 is 6.31. The predicted octanol–water partition coefficient (Wildman–Crippen LogP) is 4.76. The molecule has 0 aliphatic rings. The fourth-order valence-corrected chi connectivity index (χ4v) is 3.11. The predicted molar refractivity (Wildman–Crippen MR) is 120 cm³/mol. The summed E-state index contributed by atoms with van der Waals surface area (Å²) in [4.78, 5) is 24.8. The van der Waals surface area contributed by atoms with Gasteiger partial charge in [0.15, 0.2) is 11.5 Å². The van der Waals surface area contributed by atoms with Crippen molar-refractivity contribution >= 4 is 29.1 Å². The average Bonchev–Trinajstić information content (AvgIpc) is 2.69. The number of ether oxygens (including phenoxy) is 2. The first-order valence-electron chi connectivity index (χ1n) is 9.87. The van der Waals surface area contributed by atoms with E-state index in [1.54, 1.807) is 6.07 Å². The second-order valence-electron chi connectivity index (χ2n) is 7.52. The molecule has 0 atom stereocenters. The van der Waals surface area contributed by atoms with Crippen LogP contribution in [0.2, 0.25) is 5.02 Å². The molecule has 2 aromatic carbocycles. The van der Waals surface area contributed by atoms with Crippen molar-refractivity contribution in [1.29, 1.82) is 0 Å². The number of hydrogen-bond donors (Lipinski definition) is 2. The number of aryl methyl sites for hydroxylation is 2. The fourth-order valence-electron chi connectivity index (χ4n) is 2.85. The van der Waals surface area contributed by atoms with E-state index in [9.17, 15) is 9.59 Å². The maximum absolute atomic E-state index is 12.5. The van der Waals surface area contributed by atoms with Crippen LogP contribution in [0.4, 0.5) is 5.69 Å². The third-order valence-electron chi connectivity index (χ3n) is 4.59. The molecule has 0 radical (unpaired) electrons. The highest BCUT2D eigenvalue weighted by atomic mass is 35.5. The van der Waals surface area contributed by atoms with Crippen LogP contribution in [0.25, 0.3) is 0 Å². The van der Waals surface area contributed by atoms with E-state index in [0.717, 1.165) is 23.2 Å². The van der Waals surface area contributed by atoms with Gasteiger partial charge in [0.2, 0.25) is 5.91 Å². The Morgan fingerprint density at radius 3 is 2.40 bits per heavy atom. The maximum atomic E-state index is 12.5. The Morgan fingerprint density at radius 1 is 1.13 bits per heavy atom. The van der Waals surface area contributed by atoms with Crippen molar-refractivity contribution in [3.05, 3.63) is 52.0 Å². The number of para-hydroxylation sites is 1. The van der Waals surface area contributed by atoms with Gasteiger partial charge >= 0.3 is 0 Å². The summed E-state index contributed by atoms with van der Waals surface area (Å²) in [6.07, 6.45) is 0.872. The van der Waals surface area contributed by atoms with Crippen LogP contribution in [0.5, 0.6) is 11.5 Å². The van der Waals surface area contributed by atoms with Gasteiger partial charge in [0.05, 0.1) is 25.3 Å². The molecule has 7 heteroatoms. The molecular formula is C23H29ClN2O4. The Morgan fingerprint density at radius 2 is 1.80 bits per heavy atom. The standard InChI is InChI=1S/C23H29ClN2O4/c1-14(2)9-10-30-22-18(24)11-17(12-19(22)29-5)23(28)25-13-20(27)26-21-15(3)7-6-8-16(21)4/h6-8,11-12,14H,9-10,13H2,1-5H3,(H,25,28)(H,26,27). The van der Waals surface area contributed by atoms with Crippen LogP contribution in [0.1, 0.15) is 41.8 Å². The smallest absolute Gasteiger partial charge is 0.251 e. The van der Waals surface area contributed by atoms with Crippen molar-refractivity contribution in [3.8, 4) is 11.5 Å². The molecule has 0 heterocycles. The molecule has 0 aromatic heterocycles. The minimum absolute atomic E-state index is 0.167. The van der Waals surface area contributed by atoms with Gasteiger partial charge in [-0.1, -0.05) is 43.6 Å². The van der Waals surface area contributed by atoms with E-state index in [0.29, 0.717) is 24.0 Å². The zero-order chi connectivity index (χ0) is 22.3. The van der Waals surface area contributed by atoms with Crippen LogP contribution in [-0.2, 0) is 4.79 Å². The Hall–Kier alpha value is -2.73. The molecule has 2 amide bonds. The van der Waals surface area contributed by atoms with Crippen LogP contribution in [0.3, 0.4) is 0 Å². The highest BCUT2D eigenvalue weighted by Gasteiger charge is 2.17. The Balaban J connectivity index is 2.02. The highest BCUT2D eigenvalue weighted by Crippen LogP contribution is 2.36. The van der Waals surface area contributed by atoms with Gasteiger partial charge in [0, 0.05) is 11.3 Å². The van der Waals surface area contributed by atoms with E-state index < -0.39 is 5.91 Å². The normalized spacial score (nSPS) is 10.6. The van der Waals surface area contributed by atoms with Gasteiger partial charge in [-0.15, -0.1) is 0 Å². The van der Waals surface area contributed by atoms with Crippen LogP contribution >= 0.6 is 11.6 Å². The minimum atomic E-state index is -0.430. The number of hydrogen-bond acceptors (Lipinski definition) is 4. The first kappa shape index (κ1) is 23.5. The van der Waals surface area contributed by atoms with Crippen LogP contribution in [0.15, 0.2) is 30.3 Å². The molecule has 0 spiro atoms. The van der Waals surface area contributed by atoms with Crippen molar-refractivity contribution in [1.82, 2.24) is 5.32 Å². The van der Waals surface area contributed by atoms with E-state index in [1.807, 2.05) is 32.0 Å². The van der Waals surface area contributed by atoms with Gasteiger partial charge in [0.25, 0.3) is 5.91 Å². The molecule has 2 aromatic rings. The van der Waals surface area contributed by atoms with Gasteiger partial charge in [0.1, 0.15) is 0 Å². The summed E-state index contributed by atoms with van der Waals surface area (Å²) in [5, 5.41) is 5.72. The molecule has 0 saturated carbocycles. The van der Waals surface area contributed by atoms with E-state index >= 15 is 0 Å². The summed E-state index contributed by atoms with van der Waals surface area (Å²) in [6, 6.07) is 8.82. The summed E-state index contributed by atoms with van der Waals surface area (Å²) in [5.41, 5.74) is 2.95. The number of rotatable bonds is 9. The van der Waals surface area contributed by atoms with Crippen LogP contribution in [-0.4, -0.2) is 32.1 Å². The van der Waals surface area contributed by atoms with Gasteiger partial charge in [-0.05, 0) is 49.4 Å². The SMILES string of the molecule is COc1cc(C(=O)NCC(=O)Nc2c(C)cccc2C)cc(Cl)c1OCCC(C)C. The Bertz CT molecular complexity index is 892. The first-order chi connectivity index (χ1) is 14.2. The molecule has 6 nitrogen and oxygen atoms in total. The van der Waals surface area contributed by atoms with Gasteiger partial charge in [-0.2, -0.15) is 0 Å². The number of amides is 2. The lowest BCUT2D eigenvalue weighted by molar-refractivity contribution is -0.115. The van der Waals surface area contributed by atoms with Crippen molar-refractivity contribution in [2.45, 2.75) is 34.1 Å². The maximum Gasteiger partial charge on any atom is 0.251 e. The van der Waals surface area contributed by atoms with Crippen molar-refractivity contribution in [3.63, 3.8) is 0 Å². The van der Waals surface area contributed by atoms with Crippen molar-refractivity contribution in [2.24, 2.45) is 5.92 Å². The van der Waals surface area contributed by atoms with E-state index in [1.165, 1.54) is 13.2 Å². The fraction of sp³-hybridized carbons (Fsp3) is 0.391. The third kappa shape index (κ3) is 6.39. The molecule has 0 bridgehead atoms. The average molecular weight is 433 g/mol. The van der Waals surface area contributed by atoms with Gasteiger partial charge in [-0.25, -0.2) is 0 Å². The van der Waals surface area contributed by atoms with Crippen LogP contribution in [0, 0.1) is 19.8 Å². The Labute approximate surface area is 182 Å². The number of carbonyl (C=O) groups excluding carboxylic acids is 2. The summed E-state index contributed by atoms with van der Waals surface area (Å²) in [5.74, 6) is 0.531. The summed E-state index contributed by atoms with van der Waals surface area (Å²) < 4.78 is 11.1. The molecule has 2 rings (SSSR count). The largest absolute Gasteiger partial charge is 0.493 e. The number of benzene rings is 2. The lowest BCUT2D eigenvalue weighted by Gasteiger charge is -2.15. The molecule has 162 valence electrons. The van der Waals surface area contributed by atoms with E-state index in [4.69, 9.17) is 21.1 Å². The first-order valence-corrected chi connectivity index (χ1v) is 10.2. The summed E-state index contributed by atoms with van der Waals surface area (Å²) in [6.45, 7) is 8.37.